The van der Waals surface area contributed by atoms with Gasteiger partial charge in [0.1, 0.15) is 5.82 Å². The molecule has 18 heavy (non-hydrogen) atoms. The van der Waals surface area contributed by atoms with E-state index in [1.54, 1.807) is 31.2 Å². The number of halogens is 3. The highest BCUT2D eigenvalue weighted by Crippen LogP contribution is 2.33. The molecule has 0 unspecified atom stereocenters. The van der Waals surface area contributed by atoms with Crippen LogP contribution in [0.5, 0.6) is 0 Å². The van der Waals surface area contributed by atoms with E-state index in [2.05, 4.69) is 0 Å². The van der Waals surface area contributed by atoms with Gasteiger partial charge in [-0.1, -0.05) is 29.3 Å². The van der Waals surface area contributed by atoms with Gasteiger partial charge in [-0.2, -0.15) is 0 Å². The average Bonchev–Trinajstić information content (AvgIpc) is 2.34. The van der Waals surface area contributed by atoms with Crippen molar-refractivity contribution in [1.82, 2.24) is 0 Å². The molecule has 0 aliphatic heterocycles. The number of benzene rings is 2. The summed E-state index contributed by atoms with van der Waals surface area (Å²) < 4.78 is 13.3. The Labute approximate surface area is 114 Å². The maximum absolute atomic E-state index is 13.3. The van der Waals surface area contributed by atoms with Crippen LogP contribution in [0.15, 0.2) is 30.3 Å². The maximum Gasteiger partial charge on any atom is 0.150 e. The smallest absolute Gasteiger partial charge is 0.150 e. The average molecular weight is 283 g/mol. The van der Waals surface area contributed by atoms with Gasteiger partial charge in [0.05, 0.1) is 5.02 Å². The Morgan fingerprint density at radius 3 is 2.50 bits per heavy atom. The Balaban J connectivity index is 2.69. The third kappa shape index (κ3) is 2.40. The van der Waals surface area contributed by atoms with E-state index in [4.69, 9.17) is 23.2 Å². The number of aryl methyl sites for hydroxylation is 1. The van der Waals surface area contributed by atoms with E-state index in [9.17, 15) is 9.18 Å². The van der Waals surface area contributed by atoms with E-state index in [-0.39, 0.29) is 10.8 Å². The predicted octanol–water partition coefficient (Wildman–Crippen LogP) is 4.92. The molecule has 2 aromatic carbocycles. The molecule has 0 spiro atoms. The molecule has 0 bridgehead atoms. The van der Waals surface area contributed by atoms with Crippen LogP contribution in [0, 0.1) is 12.7 Å². The lowest BCUT2D eigenvalue weighted by Crippen LogP contribution is -1.91. The fraction of sp³-hybridized carbons (Fsp3) is 0.0714. The van der Waals surface area contributed by atoms with Gasteiger partial charge in [-0.25, -0.2) is 4.39 Å². The molecule has 0 aliphatic carbocycles. The standard InChI is InChI=1S/C14H9Cl2FO/c1-8-4-12(13(16)6-14(8)17)11-3-2-10(15)5-9(11)7-18/h2-7H,1H3. The first kappa shape index (κ1) is 13.1. The van der Waals surface area contributed by atoms with Crippen LogP contribution in [0.2, 0.25) is 10.0 Å². The monoisotopic (exact) mass is 282 g/mol. The predicted molar refractivity (Wildman–Crippen MR) is 72.0 cm³/mol. The summed E-state index contributed by atoms with van der Waals surface area (Å²) in [6.07, 6.45) is 0.705. The zero-order valence-corrected chi connectivity index (χ0v) is 11.0. The first-order valence-corrected chi connectivity index (χ1v) is 5.99. The van der Waals surface area contributed by atoms with E-state index < -0.39 is 0 Å². The Kier molecular flexibility index (Phi) is 3.69. The largest absolute Gasteiger partial charge is 0.298 e. The Hall–Kier alpha value is -1.38. The highest BCUT2D eigenvalue weighted by atomic mass is 35.5. The second-order valence-corrected chi connectivity index (χ2v) is 4.77. The van der Waals surface area contributed by atoms with Gasteiger partial charge in [-0.05, 0) is 42.3 Å². The molecule has 2 aromatic rings. The van der Waals surface area contributed by atoms with Crippen LogP contribution < -0.4 is 0 Å². The van der Waals surface area contributed by atoms with Crippen molar-refractivity contribution in [2.24, 2.45) is 0 Å². The minimum absolute atomic E-state index is 0.267. The van der Waals surface area contributed by atoms with Crippen molar-refractivity contribution in [2.75, 3.05) is 0 Å². The lowest BCUT2D eigenvalue weighted by atomic mass is 9.98. The van der Waals surface area contributed by atoms with Crippen molar-refractivity contribution in [1.29, 1.82) is 0 Å². The number of carbonyl (C=O) groups is 1. The zero-order chi connectivity index (χ0) is 13.3. The van der Waals surface area contributed by atoms with Crippen LogP contribution in [0.25, 0.3) is 11.1 Å². The quantitative estimate of drug-likeness (QED) is 0.715. The molecule has 0 amide bonds. The Bertz CT molecular complexity index is 623. The van der Waals surface area contributed by atoms with E-state index in [1.165, 1.54) is 6.07 Å². The first-order valence-electron chi connectivity index (χ1n) is 5.23. The van der Waals surface area contributed by atoms with Crippen LogP contribution in [0.4, 0.5) is 4.39 Å². The number of hydrogen-bond acceptors (Lipinski definition) is 1. The van der Waals surface area contributed by atoms with Crippen molar-refractivity contribution in [3.8, 4) is 11.1 Å². The molecule has 0 saturated heterocycles. The van der Waals surface area contributed by atoms with Crippen molar-refractivity contribution < 1.29 is 9.18 Å². The Morgan fingerprint density at radius 1 is 1.11 bits per heavy atom. The second-order valence-electron chi connectivity index (χ2n) is 3.93. The summed E-state index contributed by atoms with van der Waals surface area (Å²) in [5, 5.41) is 0.735. The minimum Gasteiger partial charge on any atom is -0.298 e. The van der Waals surface area contributed by atoms with Crippen LogP contribution in [0.1, 0.15) is 15.9 Å². The second kappa shape index (κ2) is 5.09. The number of rotatable bonds is 2. The normalized spacial score (nSPS) is 10.4. The lowest BCUT2D eigenvalue weighted by molar-refractivity contribution is 0.112. The van der Waals surface area contributed by atoms with E-state index in [1.807, 2.05) is 0 Å². The molecule has 0 aromatic heterocycles. The third-order valence-corrected chi connectivity index (χ3v) is 3.23. The summed E-state index contributed by atoms with van der Waals surface area (Å²) >= 11 is 11.8. The molecule has 1 nitrogen and oxygen atoms in total. The molecule has 0 aliphatic rings. The fourth-order valence-electron chi connectivity index (χ4n) is 1.74. The summed E-state index contributed by atoms with van der Waals surface area (Å²) in [5.74, 6) is -0.370. The van der Waals surface area contributed by atoms with Crippen molar-refractivity contribution in [2.45, 2.75) is 6.92 Å². The molecular formula is C14H9Cl2FO. The highest BCUT2D eigenvalue weighted by molar-refractivity contribution is 6.34. The minimum atomic E-state index is -0.370. The molecule has 0 heterocycles. The maximum atomic E-state index is 13.3. The van der Waals surface area contributed by atoms with Gasteiger partial charge in [-0.15, -0.1) is 0 Å². The molecular weight excluding hydrogens is 274 g/mol. The molecule has 2 rings (SSSR count). The number of carbonyl (C=O) groups excluding carboxylic acids is 1. The summed E-state index contributed by atoms with van der Waals surface area (Å²) in [7, 11) is 0. The van der Waals surface area contributed by atoms with Gasteiger partial charge in [0.2, 0.25) is 0 Å². The van der Waals surface area contributed by atoms with Crippen LogP contribution in [0.3, 0.4) is 0 Å². The van der Waals surface area contributed by atoms with E-state index >= 15 is 0 Å². The van der Waals surface area contributed by atoms with Gasteiger partial charge in [0.15, 0.2) is 6.29 Å². The molecule has 0 N–H and O–H groups in total. The summed E-state index contributed by atoms with van der Waals surface area (Å²) in [4.78, 5) is 11.0. The third-order valence-electron chi connectivity index (χ3n) is 2.68. The van der Waals surface area contributed by atoms with Gasteiger partial charge in [0.25, 0.3) is 0 Å². The molecule has 0 radical (unpaired) electrons. The molecule has 92 valence electrons. The molecule has 0 saturated carbocycles. The van der Waals surface area contributed by atoms with E-state index in [0.717, 1.165) is 0 Å². The molecule has 0 atom stereocenters. The van der Waals surface area contributed by atoms with Crippen LogP contribution in [-0.4, -0.2) is 6.29 Å². The van der Waals surface area contributed by atoms with Crippen LogP contribution >= 0.6 is 23.2 Å². The molecule has 0 fully saturated rings. The van der Waals surface area contributed by atoms with Crippen molar-refractivity contribution in [3.63, 3.8) is 0 Å². The Morgan fingerprint density at radius 2 is 1.83 bits per heavy atom. The van der Waals surface area contributed by atoms with Crippen LogP contribution in [-0.2, 0) is 0 Å². The van der Waals surface area contributed by atoms with Crippen molar-refractivity contribution >= 4 is 29.5 Å². The highest BCUT2D eigenvalue weighted by Gasteiger charge is 2.11. The zero-order valence-electron chi connectivity index (χ0n) is 9.51. The lowest BCUT2D eigenvalue weighted by Gasteiger charge is -2.09. The van der Waals surface area contributed by atoms with Gasteiger partial charge >= 0.3 is 0 Å². The van der Waals surface area contributed by atoms with Crippen molar-refractivity contribution in [3.05, 3.63) is 57.3 Å². The van der Waals surface area contributed by atoms with Gasteiger partial charge < -0.3 is 0 Å². The topological polar surface area (TPSA) is 17.1 Å². The summed E-state index contributed by atoms with van der Waals surface area (Å²) in [6.45, 7) is 1.64. The van der Waals surface area contributed by atoms with Gasteiger partial charge in [0, 0.05) is 16.1 Å². The number of hydrogen-bond donors (Lipinski definition) is 0. The molecule has 4 heteroatoms. The van der Waals surface area contributed by atoms with Gasteiger partial charge in [-0.3, -0.25) is 4.79 Å². The number of aldehydes is 1. The first-order chi connectivity index (χ1) is 8.52. The fourth-order valence-corrected chi connectivity index (χ4v) is 2.17. The van der Waals surface area contributed by atoms with E-state index in [0.29, 0.717) is 33.6 Å². The SMILES string of the molecule is Cc1cc(-c2ccc(Cl)cc2C=O)c(Cl)cc1F. The summed E-state index contributed by atoms with van der Waals surface area (Å²) in [5.41, 5.74) is 2.16. The summed E-state index contributed by atoms with van der Waals surface area (Å²) in [6, 6.07) is 7.78.